The summed E-state index contributed by atoms with van der Waals surface area (Å²) in [5.74, 6) is 0. The third-order valence-electron chi connectivity index (χ3n) is 2.52. The van der Waals surface area contributed by atoms with Gasteiger partial charge in [-0.2, -0.15) is 13.2 Å². The number of halogens is 4. The second-order valence-electron chi connectivity index (χ2n) is 3.81. The fourth-order valence-corrected chi connectivity index (χ4v) is 1.81. The zero-order valence-electron chi connectivity index (χ0n) is 9.13. The molecule has 0 unspecified atom stereocenters. The van der Waals surface area contributed by atoms with Gasteiger partial charge in [-0.25, -0.2) is 0 Å². The van der Waals surface area contributed by atoms with Gasteiger partial charge in [0.1, 0.15) is 0 Å². The van der Waals surface area contributed by atoms with Crippen LogP contribution in [0.4, 0.5) is 18.9 Å². The van der Waals surface area contributed by atoms with Crippen molar-refractivity contribution in [1.29, 1.82) is 0 Å². The van der Waals surface area contributed by atoms with Crippen LogP contribution >= 0.6 is 11.6 Å². The van der Waals surface area contributed by atoms with Gasteiger partial charge in [0.05, 0.1) is 5.56 Å². The van der Waals surface area contributed by atoms with Gasteiger partial charge in [0, 0.05) is 16.3 Å². The largest absolute Gasteiger partial charge is 0.416 e. The number of benzene rings is 2. The van der Waals surface area contributed by atoms with Crippen molar-refractivity contribution >= 4 is 17.3 Å². The minimum atomic E-state index is -4.38. The molecule has 0 bridgehead atoms. The fourth-order valence-electron chi connectivity index (χ4n) is 1.59. The molecule has 1 nitrogen and oxygen atoms in total. The molecule has 0 aliphatic rings. The Morgan fingerprint density at radius 2 is 1.56 bits per heavy atom. The van der Waals surface area contributed by atoms with Gasteiger partial charge in [0.15, 0.2) is 0 Å². The molecule has 2 N–H and O–H groups in total. The standard InChI is InChI=1S/C13H9ClF3N/c14-12-6-3-9(13(15,16)17)7-11(12)8-1-4-10(18)5-2-8/h1-7H,18H2. The molecule has 5 heteroatoms. The maximum Gasteiger partial charge on any atom is 0.416 e. The van der Waals surface area contributed by atoms with E-state index in [1.807, 2.05) is 0 Å². The molecule has 0 saturated heterocycles. The van der Waals surface area contributed by atoms with Crippen molar-refractivity contribution in [2.75, 3.05) is 5.73 Å². The summed E-state index contributed by atoms with van der Waals surface area (Å²) in [6, 6.07) is 9.75. The van der Waals surface area contributed by atoms with Crippen molar-refractivity contribution in [3.05, 3.63) is 53.1 Å². The third kappa shape index (κ3) is 2.59. The summed E-state index contributed by atoms with van der Waals surface area (Å²) in [5, 5.41) is 0.271. The van der Waals surface area contributed by atoms with Crippen molar-refractivity contribution in [3.8, 4) is 11.1 Å². The summed E-state index contributed by atoms with van der Waals surface area (Å²) in [6.45, 7) is 0. The van der Waals surface area contributed by atoms with Crippen LogP contribution in [0.1, 0.15) is 5.56 Å². The Hall–Kier alpha value is -1.68. The molecule has 0 spiro atoms. The zero-order chi connectivity index (χ0) is 13.3. The van der Waals surface area contributed by atoms with Crippen LogP contribution < -0.4 is 5.73 Å². The first-order chi connectivity index (χ1) is 8.38. The van der Waals surface area contributed by atoms with E-state index in [2.05, 4.69) is 0 Å². The molecule has 0 heterocycles. The number of anilines is 1. The minimum absolute atomic E-state index is 0.271. The van der Waals surface area contributed by atoms with E-state index in [0.29, 0.717) is 16.8 Å². The van der Waals surface area contributed by atoms with Crippen LogP contribution in [0.2, 0.25) is 5.02 Å². The lowest BCUT2D eigenvalue weighted by Gasteiger charge is -2.10. The van der Waals surface area contributed by atoms with Gasteiger partial charge in [0.2, 0.25) is 0 Å². The minimum Gasteiger partial charge on any atom is -0.399 e. The topological polar surface area (TPSA) is 26.0 Å². The average Bonchev–Trinajstić information content (AvgIpc) is 2.29. The Morgan fingerprint density at radius 3 is 2.11 bits per heavy atom. The monoisotopic (exact) mass is 271 g/mol. The van der Waals surface area contributed by atoms with E-state index >= 15 is 0 Å². The zero-order valence-corrected chi connectivity index (χ0v) is 9.89. The fraction of sp³-hybridized carbons (Fsp3) is 0.0769. The molecule has 94 valence electrons. The molecule has 0 fully saturated rings. The number of alkyl halides is 3. The molecule has 0 amide bonds. The van der Waals surface area contributed by atoms with E-state index < -0.39 is 11.7 Å². The van der Waals surface area contributed by atoms with Crippen LogP contribution in [0, 0.1) is 0 Å². The maximum absolute atomic E-state index is 12.6. The highest BCUT2D eigenvalue weighted by atomic mass is 35.5. The molecular weight excluding hydrogens is 263 g/mol. The lowest BCUT2D eigenvalue weighted by molar-refractivity contribution is -0.137. The number of rotatable bonds is 1. The normalized spacial score (nSPS) is 11.6. The molecule has 2 aromatic rings. The number of hydrogen-bond acceptors (Lipinski definition) is 1. The van der Waals surface area contributed by atoms with Crippen molar-refractivity contribution in [2.45, 2.75) is 6.18 Å². The Morgan fingerprint density at radius 1 is 0.944 bits per heavy atom. The lowest BCUT2D eigenvalue weighted by Crippen LogP contribution is -2.04. The van der Waals surface area contributed by atoms with Gasteiger partial charge in [-0.1, -0.05) is 23.7 Å². The van der Waals surface area contributed by atoms with Gasteiger partial charge < -0.3 is 5.73 Å². The summed E-state index contributed by atoms with van der Waals surface area (Å²) in [4.78, 5) is 0. The molecule has 2 rings (SSSR count). The summed E-state index contributed by atoms with van der Waals surface area (Å²) in [6.07, 6.45) is -4.38. The molecule has 0 saturated carbocycles. The number of hydrogen-bond donors (Lipinski definition) is 1. The van der Waals surface area contributed by atoms with E-state index in [1.165, 1.54) is 6.07 Å². The van der Waals surface area contributed by atoms with Crippen LogP contribution in [0.5, 0.6) is 0 Å². The molecule has 18 heavy (non-hydrogen) atoms. The van der Waals surface area contributed by atoms with Crippen molar-refractivity contribution in [1.82, 2.24) is 0 Å². The highest BCUT2D eigenvalue weighted by molar-refractivity contribution is 6.33. The van der Waals surface area contributed by atoms with Crippen LogP contribution in [-0.2, 0) is 6.18 Å². The van der Waals surface area contributed by atoms with Crippen molar-refractivity contribution < 1.29 is 13.2 Å². The van der Waals surface area contributed by atoms with Crippen LogP contribution in [0.3, 0.4) is 0 Å². The Labute approximate surface area is 107 Å². The summed E-state index contributed by atoms with van der Waals surface area (Å²) in [5.41, 5.74) is 6.29. The highest BCUT2D eigenvalue weighted by Crippen LogP contribution is 2.35. The Balaban J connectivity index is 2.53. The van der Waals surface area contributed by atoms with Crippen LogP contribution in [-0.4, -0.2) is 0 Å². The van der Waals surface area contributed by atoms with E-state index in [4.69, 9.17) is 17.3 Å². The van der Waals surface area contributed by atoms with Gasteiger partial charge in [-0.3, -0.25) is 0 Å². The maximum atomic E-state index is 12.6. The van der Waals surface area contributed by atoms with Crippen LogP contribution in [0.15, 0.2) is 42.5 Å². The third-order valence-corrected chi connectivity index (χ3v) is 2.84. The molecule has 0 aromatic heterocycles. The first-order valence-corrected chi connectivity index (χ1v) is 5.48. The quantitative estimate of drug-likeness (QED) is 0.753. The van der Waals surface area contributed by atoms with Gasteiger partial charge in [0.25, 0.3) is 0 Å². The summed E-state index contributed by atoms with van der Waals surface area (Å²) in [7, 11) is 0. The molecule has 0 atom stereocenters. The predicted molar refractivity (Wildman–Crippen MR) is 66.3 cm³/mol. The molecule has 0 aliphatic carbocycles. The Bertz CT molecular complexity index is 561. The van der Waals surface area contributed by atoms with Gasteiger partial charge >= 0.3 is 6.18 Å². The van der Waals surface area contributed by atoms with Crippen molar-refractivity contribution in [2.24, 2.45) is 0 Å². The van der Waals surface area contributed by atoms with E-state index in [1.54, 1.807) is 24.3 Å². The lowest BCUT2D eigenvalue weighted by atomic mass is 10.0. The Kier molecular flexibility index (Phi) is 3.22. The summed E-state index contributed by atoms with van der Waals surface area (Å²) >= 11 is 5.92. The molecule has 0 aliphatic heterocycles. The van der Waals surface area contributed by atoms with E-state index in [9.17, 15) is 13.2 Å². The van der Waals surface area contributed by atoms with E-state index in [0.717, 1.165) is 12.1 Å². The first kappa shape index (κ1) is 12.8. The smallest absolute Gasteiger partial charge is 0.399 e. The van der Waals surface area contributed by atoms with Crippen LogP contribution in [0.25, 0.3) is 11.1 Å². The molecule has 2 aromatic carbocycles. The predicted octanol–water partition coefficient (Wildman–Crippen LogP) is 4.61. The van der Waals surface area contributed by atoms with E-state index in [-0.39, 0.29) is 5.02 Å². The molecular formula is C13H9ClF3N. The van der Waals surface area contributed by atoms with Gasteiger partial charge in [-0.05, 0) is 35.9 Å². The first-order valence-electron chi connectivity index (χ1n) is 5.10. The summed E-state index contributed by atoms with van der Waals surface area (Å²) < 4.78 is 37.8. The highest BCUT2D eigenvalue weighted by Gasteiger charge is 2.30. The number of nitrogen functional groups attached to an aromatic ring is 1. The van der Waals surface area contributed by atoms with Gasteiger partial charge in [-0.15, -0.1) is 0 Å². The molecule has 0 radical (unpaired) electrons. The SMILES string of the molecule is Nc1ccc(-c2cc(C(F)(F)F)ccc2Cl)cc1. The average molecular weight is 272 g/mol. The number of nitrogens with two attached hydrogens (primary N) is 1. The van der Waals surface area contributed by atoms with Crippen molar-refractivity contribution in [3.63, 3.8) is 0 Å². The second kappa shape index (κ2) is 4.53. The second-order valence-corrected chi connectivity index (χ2v) is 4.22.